The van der Waals surface area contributed by atoms with Crippen LogP contribution >= 0.6 is 0 Å². The van der Waals surface area contributed by atoms with Gasteiger partial charge >= 0.3 is 5.97 Å². The highest BCUT2D eigenvalue weighted by Gasteiger charge is 2.24. The van der Waals surface area contributed by atoms with E-state index in [1.807, 2.05) is 18.2 Å². The molecule has 0 aliphatic carbocycles. The van der Waals surface area contributed by atoms with Crippen LogP contribution < -0.4 is 14.2 Å². The predicted molar refractivity (Wildman–Crippen MR) is 96.1 cm³/mol. The van der Waals surface area contributed by atoms with E-state index >= 15 is 0 Å². The van der Waals surface area contributed by atoms with E-state index in [4.69, 9.17) is 14.2 Å². The van der Waals surface area contributed by atoms with Crippen LogP contribution in [0.25, 0.3) is 0 Å². The van der Waals surface area contributed by atoms with Gasteiger partial charge in [0.25, 0.3) is 5.82 Å². The molecule has 0 radical (unpaired) electrons. The number of benzene rings is 1. The largest absolute Gasteiger partial charge is 0.493 e. The third-order valence-corrected chi connectivity index (χ3v) is 4.45. The highest BCUT2D eigenvalue weighted by molar-refractivity contribution is 5.84. The number of piperidine rings is 1. The van der Waals surface area contributed by atoms with Crippen LogP contribution in [0.2, 0.25) is 0 Å². The van der Waals surface area contributed by atoms with Crippen molar-refractivity contribution in [3.05, 3.63) is 30.4 Å². The molecule has 0 N–H and O–H groups in total. The van der Waals surface area contributed by atoms with Crippen molar-refractivity contribution in [2.24, 2.45) is 0 Å². The normalized spacial score (nSPS) is 15.4. The van der Waals surface area contributed by atoms with E-state index in [-0.39, 0.29) is 11.9 Å². The van der Waals surface area contributed by atoms with Gasteiger partial charge in [0.05, 0.1) is 28.0 Å². The minimum absolute atomic E-state index is 0.0685. The van der Waals surface area contributed by atoms with Gasteiger partial charge in [-0.15, -0.1) is 5.10 Å². The molecule has 27 heavy (non-hydrogen) atoms. The lowest BCUT2D eigenvalue weighted by atomic mass is 10.1. The lowest BCUT2D eigenvalue weighted by Gasteiger charge is -2.32. The van der Waals surface area contributed by atoms with Crippen LogP contribution in [0.5, 0.6) is 17.2 Å². The Hall–Kier alpha value is -2.81. The zero-order chi connectivity index (χ0) is 19.2. The quantitative estimate of drug-likeness (QED) is 0.673. The lowest BCUT2D eigenvalue weighted by Crippen LogP contribution is -2.39. The van der Waals surface area contributed by atoms with Crippen molar-refractivity contribution in [2.75, 3.05) is 34.4 Å². The maximum absolute atomic E-state index is 11.4. The summed E-state index contributed by atoms with van der Waals surface area (Å²) in [6.07, 6.45) is 3.33. The molecule has 0 amide bonds. The van der Waals surface area contributed by atoms with Gasteiger partial charge in [-0.1, -0.05) is 6.07 Å². The SMILES string of the molecule is COC(=O)c1ncn(CN2CCC(Oc3c(OC)cccc3OC)CC2)n1. The van der Waals surface area contributed by atoms with Gasteiger partial charge in [0.1, 0.15) is 12.4 Å². The minimum atomic E-state index is -0.536. The molecule has 146 valence electrons. The third-order valence-electron chi connectivity index (χ3n) is 4.45. The van der Waals surface area contributed by atoms with Gasteiger partial charge in [-0.25, -0.2) is 14.5 Å². The summed E-state index contributed by atoms with van der Waals surface area (Å²) in [4.78, 5) is 17.6. The first-order chi connectivity index (χ1) is 13.1. The maximum atomic E-state index is 11.4. The van der Waals surface area contributed by atoms with Crippen molar-refractivity contribution in [1.82, 2.24) is 19.7 Å². The van der Waals surface area contributed by atoms with Crippen LogP contribution in [0.3, 0.4) is 0 Å². The van der Waals surface area contributed by atoms with Gasteiger partial charge in [-0.2, -0.15) is 0 Å². The number of rotatable bonds is 7. The number of hydrogen-bond donors (Lipinski definition) is 0. The van der Waals surface area contributed by atoms with Crippen molar-refractivity contribution in [1.29, 1.82) is 0 Å². The second-order valence-corrected chi connectivity index (χ2v) is 6.17. The monoisotopic (exact) mass is 376 g/mol. The van der Waals surface area contributed by atoms with Gasteiger partial charge < -0.3 is 18.9 Å². The van der Waals surface area contributed by atoms with Crippen molar-refractivity contribution in [3.63, 3.8) is 0 Å². The fraction of sp³-hybridized carbons (Fsp3) is 0.500. The Kier molecular flexibility index (Phi) is 6.12. The van der Waals surface area contributed by atoms with Crippen molar-refractivity contribution in [2.45, 2.75) is 25.6 Å². The molecule has 3 rings (SSSR count). The molecular weight excluding hydrogens is 352 g/mol. The number of nitrogens with zero attached hydrogens (tertiary/aromatic N) is 4. The molecule has 1 aromatic heterocycles. The Labute approximate surface area is 157 Å². The zero-order valence-electron chi connectivity index (χ0n) is 15.8. The molecule has 1 fully saturated rings. The predicted octanol–water partition coefficient (Wildman–Crippen LogP) is 1.58. The Morgan fingerprint density at radius 1 is 1.15 bits per heavy atom. The molecule has 0 unspecified atom stereocenters. The second kappa shape index (κ2) is 8.72. The molecule has 0 saturated carbocycles. The van der Waals surface area contributed by atoms with Crippen LogP contribution in [0, 0.1) is 0 Å². The Morgan fingerprint density at radius 2 is 1.81 bits per heavy atom. The molecule has 2 aromatic rings. The summed E-state index contributed by atoms with van der Waals surface area (Å²) >= 11 is 0. The van der Waals surface area contributed by atoms with E-state index in [0.717, 1.165) is 25.9 Å². The molecule has 1 aliphatic heterocycles. The topological polar surface area (TPSA) is 87.9 Å². The lowest BCUT2D eigenvalue weighted by molar-refractivity contribution is 0.0583. The van der Waals surface area contributed by atoms with Crippen LogP contribution in [0.15, 0.2) is 24.5 Å². The molecule has 0 atom stereocenters. The highest BCUT2D eigenvalue weighted by atomic mass is 16.5. The molecule has 1 aromatic carbocycles. The summed E-state index contributed by atoms with van der Waals surface area (Å²) < 4.78 is 23.2. The average Bonchev–Trinajstić information content (AvgIpc) is 3.17. The molecule has 9 heteroatoms. The highest BCUT2D eigenvalue weighted by Crippen LogP contribution is 2.38. The number of carbonyl (C=O) groups is 1. The Morgan fingerprint density at radius 3 is 2.41 bits per heavy atom. The zero-order valence-corrected chi connectivity index (χ0v) is 15.8. The van der Waals surface area contributed by atoms with Gasteiger partial charge in [-0.3, -0.25) is 4.90 Å². The fourth-order valence-electron chi connectivity index (χ4n) is 3.02. The molecule has 0 spiro atoms. The van der Waals surface area contributed by atoms with E-state index < -0.39 is 5.97 Å². The first kappa shape index (κ1) is 19.0. The van der Waals surface area contributed by atoms with Crippen LogP contribution in [0.4, 0.5) is 0 Å². The van der Waals surface area contributed by atoms with Crippen molar-refractivity contribution in [3.8, 4) is 17.2 Å². The number of aromatic nitrogens is 3. The summed E-state index contributed by atoms with van der Waals surface area (Å²) in [7, 11) is 4.54. The van der Waals surface area contributed by atoms with E-state index in [1.54, 1.807) is 18.9 Å². The summed E-state index contributed by atoms with van der Waals surface area (Å²) in [6, 6.07) is 5.58. The van der Waals surface area contributed by atoms with Gasteiger partial charge in [0.15, 0.2) is 11.5 Å². The van der Waals surface area contributed by atoms with Crippen LogP contribution in [0.1, 0.15) is 23.5 Å². The molecule has 1 saturated heterocycles. The number of hydrogen-bond acceptors (Lipinski definition) is 8. The number of esters is 1. The molecule has 1 aliphatic rings. The van der Waals surface area contributed by atoms with E-state index in [2.05, 4.69) is 19.7 Å². The fourth-order valence-corrected chi connectivity index (χ4v) is 3.02. The minimum Gasteiger partial charge on any atom is -0.493 e. The van der Waals surface area contributed by atoms with Gasteiger partial charge in [-0.05, 0) is 25.0 Å². The van der Waals surface area contributed by atoms with Crippen molar-refractivity contribution < 1.29 is 23.7 Å². The third kappa shape index (κ3) is 4.48. The Balaban J connectivity index is 1.55. The molecule has 2 heterocycles. The number of carbonyl (C=O) groups excluding carboxylic acids is 1. The van der Waals surface area contributed by atoms with Gasteiger partial charge in [0, 0.05) is 13.1 Å². The second-order valence-electron chi connectivity index (χ2n) is 6.17. The molecular formula is C18H24N4O5. The van der Waals surface area contributed by atoms with E-state index in [0.29, 0.717) is 23.9 Å². The first-order valence-electron chi connectivity index (χ1n) is 8.72. The van der Waals surface area contributed by atoms with Crippen LogP contribution in [-0.4, -0.2) is 66.2 Å². The summed E-state index contributed by atoms with van der Waals surface area (Å²) in [5, 5.41) is 4.13. The Bertz CT molecular complexity index is 749. The van der Waals surface area contributed by atoms with E-state index in [9.17, 15) is 4.79 Å². The maximum Gasteiger partial charge on any atom is 0.377 e. The number of methoxy groups -OCH3 is 3. The average molecular weight is 376 g/mol. The summed E-state index contributed by atoms with van der Waals surface area (Å²) in [6.45, 7) is 2.25. The molecule has 0 bridgehead atoms. The first-order valence-corrected chi connectivity index (χ1v) is 8.72. The van der Waals surface area contributed by atoms with E-state index in [1.165, 1.54) is 13.4 Å². The number of para-hydroxylation sites is 1. The number of ether oxygens (including phenoxy) is 4. The number of likely N-dealkylation sites (tertiary alicyclic amines) is 1. The van der Waals surface area contributed by atoms with Crippen molar-refractivity contribution >= 4 is 5.97 Å². The smallest absolute Gasteiger partial charge is 0.377 e. The molecule has 9 nitrogen and oxygen atoms in total. The standard InChI is InChI=1S/C18H24N4O5/c1-24-14-5-4-6-15(25-2)16(14)27-13-7-9-21(10-8-13)12-22-11-19-17(20-22)18(23)26-3/h4-6,11,13H,7-10,12H2,1-3H3. The van der Waals surface area contributed by atoms with Gasteiger partial charge in [0.2, 0.25) is 5.75 Å². The summed E-state index contributed by atoms with van der Waals surface area (Å²) in [5.41, 5.74) is 0. The summed E-state index contributed by atoms with van der Waals surface area (Å²) in [5.74, 6) is 1.50. The van der Waals surface area contributed by atoms with Crippen LogP contribution in [-0.2, 0) is 11.4 Å².